The molecule has 0 radical (unpaired) electrons. The molecule has 3 aromatic rings. The number of rotatable bonds is 6. The fraction of sp³-hybridized carbons (Fsp3) is 0.458. The van der Waals surface area contributed by atoms with Gasteiger partial charge in [-0.2, -0.15) is 9.29 Å². The Labute approximate surface area is 209 Å². The number of piperidine rings is 1. The van der Waals surface area contributed by atoms with Crippen molar-refractivity contribution in [1.29, 1.82) is 0 Å². The quantitative estimate of drug-likeness (QED) is 0.513. The number of fused-ring (bicyclic) bond motifs is 1. The fourth-order valence-corrected chi connectivity index (χ4v) is 6.70. The number of H-pyrrole nitrogens is 1. The average molecular weight is 512 g/mol. The molecule has 6 rings (SSSR count). The number of benzene rings is 1. The lowest BCUT2D eigenvalue weighted by Gasteiger charge is -2.54. The van der Waals surface area contributed by atoms with Gasteiger partial charge in [-0.3, -0.25) is 0 Å². The summed E-state index contributed by atoms with van der Waals surface area (Å²) >= 11 is 0. The number of ether oxygens (including phenoxy) is 2. The first-order chi connectivity index (χ1) is 17.4. The van der Waals surface area contributed by atoms with Gasteiger partial charge in [-0.15, -0.1) is 5.10 Å². The number of likely N-dealkylation sites (tertiary alicyclic amines) is 1. The molecule has 0 amide bonds. The molecule has 5 heterocycles. The van der Waals surface area contributed by atoms with E-state index in [0.717, 1.165) is 53.9 Å². The summed E-state index contributed by atoms with van der Waals surface area (Å²) in [6.07, 6.45) is 5.19. The second-order valence-corrected chi connectivity index (χ2v) is 11.4. The Morgan fingerprint density at radius 1 is 1.17 bits per heavy atom. The van der Waals surface area contributed by atoms with Crippen LogP contribution in [-0.4, -0.2) is 83.7 Å². The van der Waals surface area contributed by atoms with Crippen molar-refractivity contribution < 1.29 is 17.9 Å². The highest BCUT2D eigenvalue weighted by Crippen LogP contribution is 2.42. The fourth-order valence-electron chi connectivity index (χ4n) is 5.43. The number of aromatic amines is 1. The van der Waals surface area contributed by atoms with Crippen molar-refractivity contribution in [1.82, 2.24) is 29.4 Å². The number of hydrogen-bond donors (Lipinski definition) is 2. The van der Waals surface area contributed by atoms with Crippen molar-refractivity contribution in [3.63, 3.8) is 0 Å². The van der Waals surface area contributed by atoms with Crippen LogP contribution in [0.25, 0.3) is 11.1 Å². The highest BCUT2D eigenvalue weighted by molar-refractivity contribution is 7.88. The molecule has 2 saturated heterocycles. The smallest absolute Gasteiger partial charge is 0.278 e. The van der Waals surface area contributed by atoms with Gasteiger partial charge in [0.1, 0.15) is 5.75 Å². The van der Waals surface area contributed by atoms with Crippen LogP contribution in [0.1, 0.15) is 24.8 Å². The Hall–Kier alpha value is -3.22. The van der Waals surface area contributed by atoms with E-state index in [4.69, 9.17) is 9.47 Å². The number of methoxy groups -OCH3 is 1. The number of nitrogens with zero attached hydrogens (tertiary/aromatic N) is 5. The van der Waals surface area contributed by atoms with E-state index in [-0.39, 0.29) is 16.6 Å². The topological polar surface area (TPSA) is 126 Å². The monoisotopic (exact) mass is 511 g/mol. The largest absolute Gasteiger partial charge is 0.493 e. The summed E-state index contributed by atoms with van der Waals surface area (Å²) in [4.78, 5) is 10.9. The molecule has 36 heavy (non-hydrogen) atoms. The Balaban J connectivity index is 1.27. The summed E-state index contributed by atoms with van der Waals surface area (Å²) < 4.78 is 39.2. The molecule has 0 atom stereocenters. The first kappa shape index (κ1) is 23.2. The minimum atomic E-state index is -3.77. The third-order valence-corrected chi connectivity index (χ3v) is 9.51. The summed E-state index contributed by atoms with van der Waals surface area (Å²) in [5.41, 5.74) is 3.70. The number of hydrogen-bond acceptors (Lipinski definition) is 9. The lowest BCUT2D eigenvalue weighted by Crippen LogP contribution is -2.62. The molecule has 1 aromatic carbocycles. The molecule has 3 aliphatic rings. The van der Waals surface area contributed by atoms with Crippen LogP contribution in [0.5, 0.6) is 11.6 Å². The summed E-state index contributed by atoms with van der Waals surface area (Å²) in [5.74, 6) is 1.47. The third-order valence-electron chi connectivity index (χ3n) is 7.80. The summed E-state index contributed by atoms with van der Waals surface area (Å²) in [6, 6.07) is 7.62. The van der Waals surface area contributed by atoms with Crippen LogP contribution in [-0.2, 0) is 16.4 Å². The van der Waals surface area contributed by atoms with Crippen LogP contribution >= 0.6 is 0 Å². The molecule has 1 spiro atoms. The van der Waals surface area contributed by atoms with E-state index in [1.165, 1.54) is 4.31 Å². The molecule has 0 aliphatic carbocycles. The molecule has 2 aromatic heterocycles. The van der Waals surface area contributed by atoms with Crippen molar-refractivity contribution in [2.24, 2.45) is 0 Å². The number of aromatic nitrogens is 4. The number of sulfonamides is 1. The van der Waals surface area contributed by atoms with Gasteiger partial charge in [0.2, 0.25) is 11.8 Å². The SMILES string of the molecule is COc1cc(-c2ccc3c(c2Nc2n[nH]c(S(=O)(=O)N4CCC5(CCN5C)CC4)n2)CCO3)ccn1. The average Bonchev–Trinajstić information content (AvgIpc) is 3.58. The van der Waals surface area contributed by atoms with Gasteiger partial charge in [-0.25, -0.2) is 18.5 Å². The van der Waals surface area contributed by atoms with E-state index in [0.29, 0.717) is 32.0 Å². The molecule has 11 nitrogen and oxygen atoms in total. The lowest BCUT2D eigenvalue weighted by atomic mass is 9.77. The first-order valence-electron chi connectivity index (χ1n) is 12.1. The zero-order valence-corrected chi connectivity index (χ0v) is 21.1. The van der Waals surface area contributed by atoms with Crippen LogP contribution in [0.2, 0.25) is 0 Å². The zero-order valence-electron chi connectivity index (χ0n) is 20.3. The highest BCUT2D eigenvalue weighted by atomic mass is 32.2. The standard InChI is InChI=1S/C24H29N7O4S/c1-30-11-7-24(30)8-12-31(13-9-24)36(32,33)23-27-22(28-29-23)26-21-17(3-4-19-18(21)6-14-35-19)16-5-10-25-20(15-16)34-2/h3-5,10,15H,6-9,11-14H2,1-2H3,(H2,26,27,28,29). The molecule has 2 fully saturated rings. The maximum absolute atomic E-state index is 13.3. The van der Waals surface area contributed by atoms with E-state index < -0.39 is 10.0 Å². The third kappa shape index (κ3) is 3.80. The second-order valence-electron chi connectivity index (χ2n) is 9.54. The molecular weight excluding hydrogens is 482 g/mol. The maximum atomic E-state index is 13.3. The Morgan fingerprint density at radius 3 is 2.69 bits per heavy atom. The van der Waals surface area contributed by atoms with Crippen molar-refractivity contribution in [2.75, 3.05) is 45.7 Å². The minimum Gasteiger partial charge on any atom is -0.493 e. The molecule has 2 N–H and O–H groups in total. The van der Waals surface area contributed by atoms with E-state index in [1.807, 2.05) is 24.3 Å². The molecule has 3 aliphatic heterocycles. The molecule has 0 saturated carbocycles. The normalized spacial score (nSPS) is 19.5. The van der Waals surface area contributed by atoms with Crippen molar-refractivity contribution in [2.45, 2.75) is 36.4 Å². The molecular formula is C24H29N7O4S. The zero-order chi connectivity index (χ0) is 24.9. The van der Waals surface area contributed by atoms with Gasteiger partial charge < -0.3 is 19.7 Å². The van der Waals surface area contributed by atoms with Crippen molar-refractivity contribution >= 4 is 21.7 Å². The minimum absolute atomic E-state index is 0.154. The highest BCUT2D eigenvalue weighted by Gasteiger charge is 2.46. The Bertz CT molecular complexity index is 1400. The summed E-state index contributed by atoms with van der Waals surface area (Å²) in [7, 11) is -0.0837. The van der Waals surface area contributed by atoms with Crippen molar-refractivity contribution in [3.8, 4) is 22.8 Å². The van der Waals surface area contributed by atoms with E-state index in [9.17, 15) is 8.42 Å². The van der Waals surface area contributed by atoms with Crippen LogP contribution < -0.4 is 14.8 Å². The van der Waals surface area contributed by atoms with Crippen LogP contribution in [0.4, 0.5) is 11.6 Å². The van der Waals surface area contributed by atoms with E-state index in [1.54, 1.807) is 13.3 Å². The van der Waals surface area contributed by atoms with Crippen LogP contribution in [0.15, 0.2) is 35.6 Å². The van der Waals surface area contributed by atoms with E-state index >= 15 is 0 Å². The second kappa shape index (κ2) is 8.71. The van der Waals surface area contributed by atoms with Crippen LogP contribution in [0, 0.1) is 0 Å². The molecule has 190 valence electrons. The van der Waals surface area contributed by atoms with Gasteiger partial charge >= 0.3 is 0 Å². The summed E-state index contributed by atoms with van der Waals surface area (Å²) in [6.45, 7) is 2.61. The first-order valence-corrected chi connectivity index (χ1v) is 13.5. The van der Waals surface area contributed by atoms with Gasteiger partial charge in [-0.1, -0.05) is 0 Å². The summed E-state index contributed by atoms with van der Waals surface area (Å²) in [5, 5.41) is 9.94. The molecule has 0 unspecified atom stereocenters. The molecule has 12 heteroatoms. The van der Waals surface area contributed by atoms with E-state index in [2.05, 4.69) is 37.4 Å². The predicted molar refractivity (Wildman–Crippen MR) is 133 cm³/mol. The van der Waals surface area contributed by atoms with Crippen molar-refractivity contribution in [3.05, 3.63) is 36.0 Å². The number of anilines is 2. The van der Waals surface area contributed by atoms with Gasteiger partial charge in [-0.05, 0) is 50.1 Å². The predicted octanol–water partition coefficient (Wildman–Crippen LogP) is 2.41. The van der Waals surface area contributed by atoms with Gasteiger partial charge in [0.15, 0.2) is 0 Å². The van der Waals surface area contributed by atoms with Crippen LogP contribution in [0.3, 0.4) is 0 Å². The Kier molecular flexibility index (Phi) is 5.61. The number of pyridine rings is 1. The Morgan fingerprint density at radius 2 is 1.97 bits per heavy atom. The number of nitrogens with one attached hydrogen (secondary N) is 2. The van der Waals surface area contributed by atoms with Gasteiger partial charge in [0, 0.05) is 55.0 Å². The lowest BCUT2D eigenvalue weighted by molar-refractivity contribution is -0.0264. The molecule has 0 bridgehead atoms. The maximum Gasteiger partial charge on any atom is 0.278 e. The van der Waals surface area contributed by atoms with Gasteiger partial charge in [0.05, 0.1) is 19.4 Å². The van der Waals surface area contributed by atoms with Gasteiger partial charge in [0.25, 0.3) is 15.2 Å².